The fraction of sp³-hybridized carbons (Fsp3) is 0.389. The summed E-state index contributed by atoms with van der Waals surface area (Å²) < 4.78 is 5.78. The Balaban J connectivity index is 1.87. The van der Waals surface area contributed by atoms with Crippen molar-refractivity contribution in [2.24, 2.45) is 11.7 Å². The minimum absolute atomic E-state index is 0.0936. The summed E-state index contributed by atoms with van der Waals surface area (Å²) in [6.07, 6.45) is 3.85. The third-order valence-electron chi connectivity index (χ3n) is 5.12. The van der Waals surface area contributed by atoms with Crippen molar-refractivity contribution >= 4 is 10.9 Å². The zero-order valence-electron chi connectivity index (χ0n) is 13.5. The Kier molecular flexibility index (Phi) is 3.68. The lowest BCUT2D eigenvalue weighted by atomic mass is 9.74. The molecule has 24 heavy (non-hydrogen) atoms. The Morgan fingerprint density at radius 3 is 2.92 bits per heavy atom. The van der Waals surface area contributed by atoms with E-state index in [4.69, 9.17) is 10.5 Å². The quantitative estimate of drug-likeness (QED) is 0.694. The Hall–Kier alpha value is -2.49. The van der Waals surface area contributed by atoms with Gasteiger partial charge in [-0.3, -0.25) is 5.43 Å². The number of H-pyrrole nitrogens is 1. The lowest BCUT2D eigenvalue weighted by Gasteiger charge is -2.35. The van der Waals surface area contributed by atoms with Gasteiger partial charge in [-0.05, 0) is 18.1 Å². The van der Waals surface area contributed by atoms with Crippen molar-refractivity contribution < 1.29 is 4.74 Å². The maximum Gasteiger partial charge on any atom is 0.200 e. The molecule has 1 aromatic heterocycles. The number of hydrogen-bond donors (Lipinski definition) is 4. The molecular weight excluding hydrogens is 302 g/mol. The van der Waals surface area contributed by atoms with Gasteiger partial charge in [-0.15, -0.1) is 0 Å². The van der Waals surface area contributed by atoms with Gasteiger partial charge in [-0.2, -0.15) is 5.26 Å². The van der Waals surface area contributed by atoms with Crippen molar-refractivity contribution in [3.8, 4) is 6.07 Å². The molecule has 5 N–H and O–H groups in total. The van der Waals surface area contributed by atoms with Gasteiger partial charge >= 0.3 is 0 Å². The van der Waals surface area contributed by atoms with E-state index in [1.165, 1.54) is 0 Å². The molecule has 1 fully saturated rings. The monoisotopic (exact) mass is 323 g/mol. The summed E-state index contributed by atoms with van der Waals surface area (Å²) in [4.78, 5) is 3.32. The summed E-state index contributed by atoms with van der Waals surface area (Å²) in [7, 11) is 0. The molecule has 0 aliphatic carbocycles. The van der Waals surface area contributed by atoms with Crippen LogP contribution >= 0.6 is 0 Å². The van der Waals surface area contributed by atoms with Crippen LogP contribution in [0.25, 0.3) is 10.9 Å². The van der Waals surface area contributed by atoms with E-state index in [0.29, 0.717) is 5.57 Å². The molecule has 2 aliphatic rings. The molecule has 4 rings (SSSR count). The molecule has 2 aliphatic heterocycles. The summed E-state index contributed by atoms with van der Waals surface area (Å²) in [5, 5.41) is 10.9. The first-order valence-corrected chi connectivity index (χ1v) is 8.38. The smallest absolute Gasteiger partial charge is 0.200 e. The number of nitrogens with one attached hydrogen (secondary N) is 3. The molecule has 6 nitrogen and oxygen atoms in total. The van der Waals surface area contributed by atoms with E-state index < -0.39 is 0 Å². The van der Waals surface area contributed by atoms with Crippen LogP contribution in [-0.4, -0.2) is 17.3 Å². The maximum atomic E-state index is 9.72. The molecule has 3 heterocycles. The number of nitrogens with zero attached hydrogens (tertiary/aromatic N) is 1. The predicted octanol–water partition coefficient (Wildman–Crippen LogP) is 2.19. The summed E-state index contributed by atoms with van der Waals surface area (Å²) in [5.41, 5.74) is 15.3. The number of para-hydroxylation sites is 1. The minimum atomic E-state index is -0.225. The summed E-state index contributed by atoms with van der Waals surface area (Å²) in [6.45, 7) is 2.16. The molecule has 0 saturated carbocycles. The molecule has 1 saturated heterocycles. The largest absolute Gasteiger partial charge is 0.458 e. The zero-order valence-corrected chi connectivity index (χ0v) is 13.5. The second-order valence-electron chi connectivity index (χ2n) is 6.46. The highest BCUT2D eigenvalue weighted by Gasteiger charge is 2.48. The fourth-order valence-corrected chi connectivity index (χ4v) is 4.07. The molecule has 0 amide bonds. The van der Waals surface area contributed by atoms with E-state index in [9.17, 15) is 5.26 Å². The van der Waals surface area contributed by atoms with Crippen LogP contribution in [0, 0.1) is 17.2 Å². The van der Waals surface area contributed by atoms with Crippen LogP contribution in [0.4, 0.5) is 0 Å². The number of hydrogen-bond acceptors (Lipinski definition) is 5. The van der Waals surface area contributed by atoms with Crippen LogP contribution in [0.5, 0.6) is 0 Å². The van der Waals surface area contributed by atoms with Crippen LogP contribution in [0.15, 0.2) is 41.9 Å². The number of allylic oxidation sites excluding steroid dienone is 1. The maximum absolute atomic E-state index is 9.72. The van der Waals surface area contributed by atoms with E-state index in [0.717, 1.165) is 29.3 Å². The first-order chi connectivity index (χ1) is 11.7. The van der Waals surface area contributed by atoms with Gasteiger partial charge in [0.1, 0.15) is 6.07 Å². The van der Waals surface area contributed by atoms with Crippen LogP contribution in [-0.2, 0) is 4.74 Å². The highest BCUT2D eigenvalue weighted by molar-refractivity contribution is 5.84. The van der Waals surface area contributed by atoms with Crippen LogP contribution in [0.1, 0.15) is 31.2 Å². The SMILES string of the molecule is CCCC1NNC2OC(N)=C(C#N)C(c3c[nH]c4ccccc34)C12. The minimum Gasteiger partial charge on any atom is -0.458 e. The van der Waals surface area contributed by atoms with E-state index in [1.807, 2.05) is 24.4 Å². The van der Waals surface area contributed by atoms with E-state index >= 15 is 0 Å². The number of benzene rings is 1. The number of ether oxygens (including phenoxy) is 1. The highest BCUT2D eigenvalue weighted by atomic mass is 16.5. The molecule has 1 aromatic carbocycles. The van der Waals surface area contributed by atoms with Crippen molar-refractivity contribution in [1.82, 2.24) is 15.8 Å². The van der Waals surface area contributed by atoms with Crippen molar-refractivity contribution in [2.75, 3.05) is 0 Å². The third kappa shape index (κ3) is 2.17. The fourth-order valence-electron chi connectivity index (χ4n) is 4.07. The number of nitrogens with two attached hydrogens (primary N) is 1. The van der Waals surface area contributed by atoms with Gasteiger partial charge in [0.05, 0.1) is 5.57 Å². The molecule has 2 aromatic rings. The molecule has 0 radical (unpaired) electrons. The van der Waals surface area contributed by atoms with Crippen LogP contribution < -0.4 is 16.6 Å². The van der Waals surface area contributed by atoms with E-state index in [2.05, 4.69) is 34.9 Å². The molecule has 6 heteroatoms. The molecule has 4 unspecified atom stereocenters. The van der Waals surface area contributed by atoms with Crippen molar-refractivity contribution in [2.45, 2.75) is 38.0 Å². The van der Waals surface area contributed by atoms with Crippen molar-refractivity contribution in [1.29, 1.82) is 5.26 Å². The Bertz CT molecular complexity index is 833. The average molecular weight is 323 g/mol. The van der Waals surface area contributed by atoms with Gasteiger partial charge in [0, 0.05) is 35.0 Å². The highest BCUT2D eigenvalue weighted by Crippen LogP contribution is 2.45. The summed E-state index contributed by atoms with van der Waals surface area (Å²) in [5.74, 6) is 0.246. The third-order valence-corrected chi connectivity index (χ3v) is 5.12. The predicted molar refractivity (Wildman–Crippen MR) is 91.2 cm³/mol. The first-order valence-electron chi connectivity index (χ1n) is 8.38. The van der Waals surface area contributed by atoms with E-state index in [-0.39, 0.29) is 30.0 Å². The number of fused-ring (bicyclic) bond motifs is 2. The lowest BCUT2D eigenvalue weighted by Crippen LogP contribution is -2.41. The molecule has 0 bridgehead atoms. The van der Waals surface area contributed by atoms with Crippen molar-refractivity contribution in [3.63, 3.8) is 0 Å². The lowest BCUT2D eigenvalue weighted by molar-refractivity contribution is 0.0339. The standard InChI is InChI=1S/C18H21N5O/c1-2-5-14-16-15(11(8-19)17(20)24-18(16)23-22-14)12-9-21-13-7-4-3-6-10(12)13/h3-4,6-7,9,14-16,18,21-23H,2,5,20H2,1H3. The van der Waals surface area contributed by atoms with Gasteiger partial charge in [-0.1, -0.05) is 31.5 Å². The normalized spacial score (nSPS) is 29.3. The van der Waals surface area contributed by atoms with E-state index in [1.54, 1.807) is 0 Å². The second kappa shape index (κ2) is 5.86. The average Bonchev–Trinajstić information content (AvgIpc) is 3.18. The van der Waals surface area contributed by atoms with Crippen LogP contribution in [0.2, 0.25) is 0 Å². The van der Waals surface area contributed by atoms with Gasteiger partial charge in [0.15, 0.2) is 6.23 Å². The van der Waals surface area contributed by atoms with Gasteiger partial charge in [-0.25, -0.2) is 5.43 Å². The van der Waals surface area contributed by atoms with Crippen LogP contribution in [0.3, 0.4) is 0 Å². The van der Waals surface area contributed by atoms with Crippen molar-refractivity contribution in [3.05, 3.63) is 47.5 Å². The topological polar surface area (TPSA) is 98.9 Å². The number of rotatable bonds is 3. The number of nitriles is 1. The van der Waals surface area contributed by atoms with Gasteiger partial charge in [0.2, 0.25) is 5.88 Å². The molecular formula is C18H21N5O. The summed E-state index contributed by atoms with van der Waals surface area (Å²) >= 11 is 0. The number of aromatic amines is 1. The zero-order chi connectivity index (χ0) is 16.7. The molecule has 4 atom stereocenters. The first kappa shape index (κ1) is 15.1. The van der Waals surface area contributed by atoms with Gasteiger partial charge < -0.3 is 15.5 Å². The molecule has 0 spiro atoms. The summed E-state index contributed by atoms with van der Waals surface area (Å²) in [6, 6.07) is 10.7. The molecule has 124 valence electrons. The number of aromatic nitrogens is 1. The second-order valence-corrected chi connectivity index (χ2v) is 6.46. The number of hydrazine groups is 1. The Morgan fingerprint density at radius 2 is 2.12 bits per heavy atom. The van der Waals surface area contributed by atoms with Gasteiger partial charge in [0.25, 0.3) is 0 Å². The Labute approximate surface area is 140 Å². The Morgan fingerprint density at radius 1 is 1.29 bits per heavy atom.